The second kappa shape index (κ2) is 4.76. The van der Waals surface area contributed by atoms with Crippen molar-refractivity contribution in [1.82, 2.24) is 4.90 Å². The van der Waals surface area contributed by atoms with E-state index in [-0.39, 0.29) is 6.54 Å². The third-order valence-electron chi connectivity index (χ3n) is 6.26. The quantitative estimate of drug-likeness (QED) is 0.830. The molecule has 4 rings (SSSR count). The van der Waals surface area contributed by atoms with Crippen molar-refractivity contribution >= 4 is 5.97 Å². The van der Waals surface area contributed by atoms with E-state index in [1.165, 1.54) is 38.5 Å². The van der Waals surface area contributed by atoms with Crippen LogP contribution in [0.3, 0.4) is 0 Å². The van der Waals surface area contributed by atoms with Crippen LogP contribution in [0, 0.1) is 23.2 Å². The van der Waals surface area contributed by atoms with Crippen molar-refractivity contribution in [3.8, 4) is 0 Å². The van der Waals surface area contributed by atoms with Crippen LogP contribution in [0.2, 0.25) is 0 Å². The summed E-state index contributed by atoms with van der Waals surface area (Å²) >= 11 is 0. The van der Waals surface area contributed by atoms with Crippen molar-refractivity contribution in [2.75, 3.05) is 13.1 Å². The van der Waals surface area contributed by atoms with Gasteiger partial charge in [0.1, 0.15) is 0 Å². The second-order valence-corrected chi connectivity index (χ2v) is 7.41. The van der Waals surface area contributed by atoms with Crippen LogP contribution in [0.4, 0.5) is 0 Å². The van der Waals surface area contributed by atoms with Crippen molar-refractivity contribution in [3.05, 3.63) is 0 Å². The first-order valence-electron chi connectivity index (χ1n) is 7.98. The Morgan fingerprint density at radius 1 is 1.21 bits per heavy atom. The van der Waals surface area contributed by atoms with Crippen LogP contribution in [-0.4, -0.2) is 35.1 Å². The topological polar surface area (TPSA) is 40.5 Å². The van der Waals surface area contributed by atoms with Crippen molar-refractivity contribution in [2.45, 2.75) is 58.4 Å². The smallest absolute Gasteiger partial charge is 0.317 e. The average Bonchev–Trinajstić information content (AvgIpc) is 2.33. The summed E-state index contributed by atoms with van der Waals surface area (Å²) in [5, 5.41) is 9.10. The number of hydrogen-bond donors (Lipinski definition) is 1. The molecular weight excluding hydrogens is 238 g/mol. The molecule has 3 nitrogen and oxygen atoms in total. The number of aliphatic carboxylic acids is 1. The van der Waals surface area contributed by atoms with Crippen LogP contribution in [0.5, 0.6) is 0 Å². The molecule has 1 unspecified atom stereocenters. The Morgan fingerprint density at radius 3 is 2.05 bits per heavy atom. The lowest BCUT2D eigenvalue weighted by Gasteiger charge is -2.60. The third kappa shape index (κ3) is 2.31. The monoisotopic (exact) mass is 265 g/mol. The summed E-state index contributed by atoms with van der Waals surface area (Å²) in [4.78, 5) is 13.2. The van der Waals surface area contributed by atoms with Gasteiger partial charge in [-0.05, 0) is 75.2 Å². The Kier molecular flexibility index (Phi) is 3.36. The molecule has 1 atom stereocenters. The predicted octanol–water partition coefficient (Wildman–Crippen LogP) is 3.00. The van der Waals surface area contributed by atoms with Crippen LogP contribution in [0.1, 0.15) is 52.4 Å². The largest absolute Gasteiger partial charge is 0.480 e. The minimum absolute atomic E-state index is 0.208. The lowest BCUT2D eigenvalue weighted by molar-refractivity contribution is -0.142. The molecule has 19 heavy (non-hydrogen) atoms. The van der Waals surface area contributed by atoms with Gasteiger partial charge in [-0.15, -0.1) is 0 Å². The molecule has 4 aliphatic rings. The van der Waals surface area contributed by atoms with Crippen molar-refractivity contribution < 1.29 is 9.90 Å². The summed E-state index contributed by atoms with van der Waals surface area (Å²) in [5.74, 6) is 2.14. The Labute approximate surface area is 116 Å². The SMILES string of the molecule is CCN(CC(=O)O)C(C)C12CC3CC(CC(C3)C1)C2. The Hall–Kier alpha value is -0.570. The lowest BCUT2D eigenvalue weighted by Crippen LogP contribution is -2.56. The number of carboxylic acids is 1. The number of carbonyl (C=O) groups is 1. The molecule has 1 N–H and O–H groups in total. The maximum Gasteiger partial charge on any atom is 0.317 e. The van der Waals surface area contributed by atoms with Gasteiger partial charge in [-0.3, -0.25) is 9.69 Å². The van der Waals surface area contributed by atoms with E-state index >= 15 is 0 Å². The van der Waals surface area contributed by atoms with E-state index in [9.17, 15) is 4.79 Å². The van der Waals surface area contributed by atoms with Crippen molar-refractivity contribution in [3.63, 3.8) is 0 Å². The molecule has 4 bridgehead atoms. The molecule has 0 aromatic heterocycles. The molecule has 0 heterocycles. The van der Waals surface area contributed by atoms with Gasteiger partial charge in [0.25, 0.3) is 0 Å². The van der Waals surface area contributed by atoms with Gasteiger partial charge in [-0.25, -0.2) is 0 Å². The Bertz CT molecular complexity index is 330. The summed E-state index contributed by atoms with van der Waals surface area (Å²) in [6.07, 6.45) is 8.44. The highest BCUT2D eigenvalue weighted by molar-refractivity contribution is 5.69. The Balaban J connectivity index is 1.78. The number of hydrogen-bond acceptors (Lipinski definition) is 2. The fourth-order valence-corrected chi connectivity index (χ4v) is 5.77. The van der Waals surface area contributed by atoms with Crippen LogP contribution in [-0.2, 0) is 4.79 Å². The van der Waals surface area contributed by atoms with Gasteiger partial charge in [-0.1, -0.05) is 6.92 Å². The first kappa shape index (κ1) is 13.4. The molecule has 108 valence electrons. The summed E-state index contributed by atoms with van der Waals surface area (Å²) < 4.78 is 0. The molecule has 3 heteroatoms. The molecule has 4 saturated carbocycles. The number of rotatable bonds is 5. The number of nitrogens with zero attached hydrogens (tertiary/aromatic N) is 1. The van der Waals surface area contributed by atoms with E-state index in [0.29, 0.717) is 11.5 Å². The summed E-state index contributed by atoms with van der Waals surface area (Å²) in [5.41, 5.74) is 0.431. The zero-order chi connectivity index (χ0) is 13.6. The van der Waals surface area contributed by atoms with E-state index in [4.69, 9.17) is 5.11 Å². The van der Waals surface area contributed by atoms with Crippen LogP contribution >= 0.6 is 0 Å². The van der Waals surface area contributed by atoms with Gasteiger partial charge in [0.15, 0.2) is 0 Å². The fraction of sp³-hybridized carbons (Fsp3) is 0.938. The standard InChI is InChI=1S/C16H27NO2/c1-3-17(10-15(18)19)11(2)16-7-12-4-13(8-16)6-14(5-12)9-16/h11-14H,3-10H2,1-2H3,(H,18,19). The zero-order valence-corrected chi connectivity index (χ0v) is 12.3. The minimum atomic E-state index is -0.682. The Morgan fingerprint density at radius 2 is 1.68 bits per heavy atom. The fourth-order valence-electron chi connectivity index (χ4n) is 5.77. The molecule has 0 aliphatic heterocycles. The van der Waals surface area contributed by atoms with E-state index in [1.807, 2.05) is 0 Å². The van der Waals surface area contributed by atoms with E-state index in [0.717, 1.165) is 24.3 Å². The summed E-state index contributed by atoms with van der Waals surface area (Å²) in [6.45, 7) is 5.45. The first-order chi connectivity index (χ1) is 9.02. The molecule has 4 aliphatic carbocycles. The van der Waals surface area contributed by atoms with Crippen molar-refractivity contribution in [2.24, 2.45) is 23.2 Å². The molecule has 0 aromatic rings. The molecule has 0 aromatic carbocycles. The predicted molar refractivity (Wildman–Crippen MR) is 74.9 cm³/mol. The minimum Gasteiger partial charge on any atom is -0.480 e. The van der Waals surface area contributed by atoms with Gasteiger partial charge in [0.2, 0.25) is 0 Å². The average molecular weight is 265 g/mol. The van der Waals surface area contributed by atoms with E-state index < -0.39 is 5.97 Å². The maximum atomic E-state index is 11.1. The molecule has 0 spiro atoms. The molecule has 0 saturated heterocycles. The first-order valence-corrected chi connectivity index (χ1v) is 7.98. The third-order valence-corrected chi connectivity index (χ3v) is 6.26. The van der Waals surface area contributed by atoms with Gasteiger partial charge >= 0.3 is 5.97 Å². The normalized spacial score (nSPS) is 41.7. The van der Waals surface area contributed by atoms with E-state index in [2.05, 4.69) is 18.7 Å². The van der Waals surface area contributed by atoms with Gasteiger partial charge < -0.3 is 5.11 Å². The highest BCUT2D eigenvalue weighted by Crippen LogP contribution is 2.61. The van der Waals surface area contributed by atoms with Crippen molar-refractivity contribution in [1.29, 1.82) is 0 Å². The molecule has 0 radical (unpaired) electrons. The molecular formula is C16H27NO2. The maximum absolute atomic E-state index is 11.1. The number of carboxylic acid groups (broad SMARTS) is 1. The molecule has 4 fully saturated rings. The van der Waals surface area contributed by atoms with Gasteiger partial charge in [0, 0.05) is 6.04 Å². The van der Waals surface area contributed by atoms with Crippen LogP contribution in [0.15, 0.2) is 0 Å². The highest BCUT2D eigenvalue weighted by atomic mass is 16.4. The lowest BCUT2D eigenvalue weighted by atomic mass is 9.47. The summed E-state index contributed by atoms with van der Waals surface area (Å²) in [6, 6.07) is 0.432. The van der Waals surface area contributed by atoms with Gasteiger partial charge in [0.05, 0.1) is 6.54 Å². The zero-order valence-electron chi connectivity index (χ0n) is 12.3. The molecule has 0 amide bonds. The summed E-state index contributed by atoms with van der Waals surface area (Å²) in [7, 11) is 0. The number of likely N-dealkylation sites (N-methyl/N-ethyl adjacent to an activating group) is 1. The van der Waals surface area contributed by atoms with Crippen LogP contribution < -0.4 is 0 Å². The van der Waals surface area contributed by atoms with Crippen LogP contribution in [0.25, 0.3) is 0 Å². The second-order valence-electron chi connectivity index (χ2n) is 7.41. The van der Waals surface area contributed by atoms with Gasteiger partial charge in [-0.2, -0.15) is 0 Å². The van der Waals surface area contributed by atoms with E-state index in [1.54, 1.807) is 0 Å². The highest BCUT2D eigenvalue weighted by Gasteiger charge is 2.54.